The molecular formula is C7H9O3U-. The molecule has 0 saturated carbocycles. The molecule has 0 aromatic rings. The fourth-order valence-corrected chi connectivity index (χ4v) is 1.18. The number of ether oxygens (including phenoxy) is 2. The molecule has 2 aliphatic heterocycles. The van der Waals surface area contributed by atoms with Crippen LogP contribution >= 0.6 is 0 Å². The van der Waals surface area contributed by atoms with E-state index in [0.29, 0.717) is 5.76 Å². The zero-order chi connectivity index (χ0) is 8.06. The van der Waals surface area contributed by atoms with Crippen LogP contribution in [0.15, 0.2) is 12.3 Å². The van der Waals surface area contributed by atoms with Gasteiger partial charge in [-0.2, -0.15) is 6.61 Å². The van der Waals surface area contributed by atoms with Gasteiger partial charge in [0.1, 0.15) is 11.4 Å². The molecule has 3 nitrogen and oxygen atoms in total. The minimum atomic E-state index is -0.981. The molecule has 2 saturated heterocycles. The SMILES string of the molecule is [2H]C[C@]12O[CH-][C@H](OC1=C)[C@@H]2O.[U]. The fraction of sp³-hybridized carbons (Fsp3) is 0.571. The summed E-state index contributed by atoms with van der Waals surface area (Å²) in [6.07, 6.45) is -1.18. The van der Waals surface area contributed by atoms with Gasteiger partial charge in [-0.3, -0.25) is 0 Å². The Bertz CT molecular complexity index is 211. The molecule has 4 heteroatoms. The number of aliphatic hydroxyl groups is 1. The van der Waals surface area contributed by atoms with Crippen LogP contribution in [-0.2, 0) is 9.47 Å². The van der Waals surface area contributed by atoms with Gasteiger partial charge in [-0.1, -0.05) is 6.58 Å². The third kappa shape index (κ3) is 1.08. The average molecular weight is 380 g/mol. The summed E-state index contributed by atoms with van der Waals surface area (Å²) in [5.74, 6) is 0.368. The molecule has 11 heavy (non-hydrogen) atoms. The summed E-state index contributed by atoms with van der Waals surface area (Å²) in [7, 11) is 0. The maximum atomic E-state index is 9.49. The summed E-state index contributed by atoms with van der Waals surface area (Å²) in [6, 6.07) is 0. The molecule has 2 rings (SSSR count). The van der Waals surface area contributed by atoms with Crippen LogP contribution in [0.25, 0.3) is 0 Å². The van der Waals surface area contributed by atoms with E-state index in [4.69, 9.17) is 10.8 Å². The maximum Gasteiger partial charge on any atom is 0.118 e. The van der Waals surface area contributed by atoms with Gasteiger partial charge < -0.3 is 14.6 Å². The van der Waals surface area contributed by atoms with Crippen LogP contribution in [0.2, 0.25) is 0 Å². The number of aliphatic hydroxyl groups excluding tert-OH is 1. The Morgan fingerprint density at radius 3 is 2.91 bits per heavy atom. The third-order valence-electron chi connectivity index (χ3n) is 1.95. The van der Waals surface area contributed by atoms with Gasteiger partial charge in [-0.05, 0) is 6.90 Å². The second kappa shape index (κ2) is 2.78. The minimum Gasteiger partial charge on any atom is -0.537 e. The van der Waals surface area contributed by atoms with E-state index in [-0.39, 0.29) is 38.0 Å². The van der Waals surface area contributed by atoms with Gasteiger partial charge in [-0.15, -0.1) is 0 Å². The summed E-state index contributed by atoms with van der Waals surface area (Å²) < 4.78 is 17.4. The molecule has 2 fully saturated rings. The van der Waals surface area contributed by atoms with Gasteiger partial charge in [-0.25, -0.2) is 0 Å². The number of hydrogen-bond donors (Lipinski definition) is 1. The average Bonchev–Trinajstić information content (AvgIpc) is 2.42. The number of hydrogen-bond acceptors (Lipinski definition) is 3. The van der Waals surface area contributed by atoms with Crippen LogP contribution in [0.4, 0.5) is 0 Å². The van der Waals surface area contributed by atoms with E-state index in [2.05, 4.69) is 6.58 Å². The van der Waals surface area contributed by atoms with Gasteiger partial charge in [0.25, 0.3) is 0 Å². The van der Waals surface area contributed by atoms with Crippen molar-refractivity contribution in [2.24, 2.45) is 0 Å². The number of fused-ring (bicyclic) bond motifs is 2. The Kier molecular flexibility index (Phi) is 2.05. The molecule has 60 valence electrons. The molecule has 0 spiro atoms. The van der Waals surface area contributed by atoms with Crippen molar-refractivity contribution in [2.75, 3.05) is 0 Å². The zero-order valence-corrected chi connectivity index (χ0v) is 10.1. The quantitative estimate of drug-likeness (QED) is 0.611. The van der Waals surface area contributed by atoms with Crippen LogP contribution in [0.3, 0.4) is 0 Å². The van der Waals surface area contributed by atoms with E-state index in [9.17, 15) is 5.11 Å². The van der Waals surface area contributed by atoms with E-state index >= 15 is 0 Å². The van der Waals surface area contributed by atoms with Crippen molar-refractivity contribution in [2.45, 2.75) is 24.7 Å². The smallest absolute Gasteiger partial charge is 0.118 e. The number of rotatable bonds is 0. The summed E-state index contributed by atoms with van der Waals surface area (Å²) in [4.78, 5) is 0. The molecule has 0 radical (unpaired) electrons. The predicted octanol–water partition coefficient (Wildman–Crippen LogP) is 0.210. The van der Waals surface area contributed by atoms with Crippen molar-refractivity contribution < 1.29 is 47.1 Å². The second-order valence-electron chi connectivity index (χ2n) is 2.59. The van der Waals surface area contributed by atoms with Crippen LogP contribution < -0.4 is 0 Å². The minimum absolute atomic E-state index is 0. The summed E-state index contributed by atoms with van der Waals surface area (Å²) >= 11 is 0. The Hall–Kier alpha value is 0.512. The zero-order valence-electron chi connectivity index (χ0n) is 6.91. The normalized spacial score (nSPS) is 48.1. The van der Waals surface area contributed by atoms with Crippen LogP contribution in [0, 0.1) is 37.7 Å². The van der Waals surface area contributed by atoms with Gasteiger partial charge in [0, 0.05) is 38.6 Å². The fourth-order valence-electron chi connectivity index (χ4n) is 1.18. The van der Waals surface area contributed by atoms with Crippen molar-refractivity contribution in [3.05, 3.63) is 18.9 Å². The summed E-state index contributed by atoms with van der Waals surface area (Å²) in [5.41, 5.74) is -0.981. The van der Waals surface area contributed by atoms with Crippen molar-refractivity contribution >= 4 is 0 Å². The molecular weight excluding hydrogens is 370 g/mol. The first-order valence-electron chi connectivity index (χ1n) is 3.76. The molecule has 0 amide bonds. The molecule has 2 aliphatic rings. The molecule has 2 bridgehead atoms. The van der Waals surface area contributed by atoms with Crippen molar-refractivity contribution in [1.82, 2.24) is 0 Å². The van der Waals surface area contributed by atoms with E-state index in [0.717, 1.165) is 0 Å². The van der Waals surface area contributed by atoms with E-state index in [1.54, 1.807) is 0 Å². The topological polar surface area (TPSA) is 38.7 Å². The van der Waals surface area contributed by atoms with Gasteiger partial charge in [0.2, 0.25) is 0 Å². The Morgan fingerprint density at radius 2 is 2.64 bits per heavy atom. The van der Waals surface area contributed by atoms with E-state index in [1.807, 2.05) is 0 Å². The Labute approximate surface area is 90.5 Å². The van der Waals surface area contributed by atoms with E-state index < -0.39 is 17.8 Å². The molecule has 0 aliphatic carbocycles. The van der Waals surface area contributed by atoms with Crippen LogP contribution in [0.1, 0.15) is 8.27 Å². The first-order valence-corrected chi connectivity index (χ1v) is 3.05. The maximum absolute atomic E-state index is 9.49. The monoisotopic (exact) mass is 380 g/mol. The second-order valence-corrected chi connectivity index (χ2v) is 2.59. The van der Waals surface area contributed by atoms with Crippen LogP contribution in [0.5, 0.6) is 0 Å². The molecule has 3 atom stereocenters. The molecule has 0 aromatic carbocycles. The van der Waals surface area contributed by atoms with Crippen LogP contribution in [-0.4, -0.2) is 22.9 Å². The van der Waals surface area contributed by atoms with Gasteiger partial charge >= 0.3 is 0 Å². The first-order chi connectivity index (χ1) is 5.20. The molecule has 1 N–H and O–H groups in total. The Morgan fingerprint density at radius 1 is 1.91 bits per heavy atom. The summed E-state index contributed by atoms with van der Waals surface area (Å²) in [5, 5.41) is 9.49. The summed E-state index contributed by atoms with van der Waals surface area (Å²) in [6.45, 7) is 4.95. The first kappa shape index (κ1) is 8.13. The molecule has 0 aromatic heterocycles. The van der Waals surface area contributed by atoms with E-state index in [1.165, 1.54) is 6.61 Å². The van der Waals surface area contributed by atoms with Gasteiger partial charge in [0.15, 0.2) is 0 Å². The largest absolute Gasteiger partial charge is 0.537 e. The molecule has 0 unspecified atom stereocenters. The standard InChI is InChI=1S/C7H9O3.U/c1-4-7(2)6(8)5(10-4)3-9-7;/h3,5-6,8H,1H2,2H3;/q-1;/t5-,6-,7-;/m0./s1/i2D;. The van der Waals surface area contributed by atoms with Crippen molar-refractivity contribution in [3.63, 3.8) is 0 Å². The third-order valence-corrected chi connectivity index (χ3v) is 1.95. The van der Waals surface area contributed by atoms with Crippen molar-refractivity contribution in [1.29, 1.82) is 0 Å². The molecule has 2 heterocycles. The predicted molar refractivity (Wildman–Crippen MR) is 33.8 cm³/mol. The Balaban J connectivity index is 0.000000720. The van der Waals surface area contributed by atoms with Crippen molar-refractivity contribution in [3.8, 4) is 0 Å². The van der Waals surface area contributed by atoms with Gasteiger partial charge in [0.05, 0.1) is 6.10 Å².